The Bertz CT molecular complexity index is 473. The summed E-state index contributed by atoms with van der Waals surface area (Å²) in [5.74, 6) is 0.119. The van der Waals surface area contributed by atoms with Crippen molar-refractivity contribution in [2.24, 2.45) is 0 Å². The van der Waals surface area contributed by atoms with Crippen LogP contribution in [-0.4, -0.2) is 17.7 Å². The maximum Gasteiger partial charge on any atom is 0.179 e. The summed E-state index contributed by atoms with van der Waals surface area (Å²) in [4.78, 5) is 13.7. The van der Waals surface area contributed by atoms with E-state index in [0.717, 1.165) is 24.0 Å². The Hall–Kier alpha value is -1.83. The fourth-order valence-electron chi connectivity index (χ4n) is 2.33. The van der Waals surface area contributed by atoms with Gasteiger partial charge in [0.1, 0.15) is 0 Å². The van der Waals surface area contributed by atoms with Crippen LogP contribution in [-0.2, 0) is 4.79 Å². The first-order valence-electron chi connectivity index (χ1n) is 6.44. The molecule has 0 N–H and O–H groups in total. The zero-order valence-corrected chi connectivity index (χ0v) is 11.2. The molecule has 0 saturated carbocycles. The van der Waals surface area contributed by atoms with Crippen LogP contribution in [0.15, 0.2) is 59.0 Å². The molecule has 0 spiro atoms. The number of ketones is 1. The number of carbonyl (C=O) groups excluding carboxylic acids is 1. The molecule has 0 aromatic carbocycles. The van der Waals surface area contributed by atoms with Crippen LogP contribution in [0.1, 0.15) is 26.7 Å². The van der Waals surface area contributed by atoms with Gasteiger partial charge in [-0.1, -0.05) is 13.8 Å². The van der Waals surface area contributed by atoms with Crippen molar-refractivity contribution in [1.29, 1.82) is 0 Å². The van der Waals surface area contributed by atoms with Crippen LogP contribution in [0.5, 0.6) is 0 Å². The van der Waals surface area contributed by atoms with Gasteiger partial charge in [-0.25, -0.2) is 0 Å². The molecule has 0 aromatic heterocycles. The summed E-state index contributed by atoms with van der Waals surface area (Å²) < 4.78 is 0. The molecule has 1 heterocycles. The number of rotatable bonds is 2. The van der Waals surface area contributed by atoms with Gasteiger partial charge in [-0.05, 0) is 59.4 Å². The molecule has 94 valence electrons. The van der Waals surface area contributed by atoms with E-state index in [-0.39, 0.29) is 5.78 Å². The molecule has 2 heteroatoms. The van der Waals surface area contributed by atoms with E-state index in [9.17, 15) is 4.79 Å². The molecule has 1 aliphatic carbocycles. The van der Waals surface area contributed by atoms with E-state index in [1.54, 1.807) is 12.2 Å². The van der Waals surface area contributed by atoms with E-state index < -0.39 is 0 Å². The third-order valence-corrected chi connectivity index (χ3v) is 3.30. The van der Waals surface area contributed by atoms with Gasteiger partial charge in [0.2, 0.25) is 0 Å². The van der Waals surface area contributed by atoms with Crippen molar-refractivity contribution in [1.82, 2.24) is 4.90 Å². The molecule has 0 radical (unpaired) electrons. The molecule has 2 aliphatic rings. The highest BCUT2D eigenvalue weighted by Gasteiger charge is 2.18. The van der Waals surface area contributed by atoms with E-state index in [1.165, 1.54) is 11.1 Å². The standard InChI is InChI=1S/C16H19NO/c1-4-12-10-15(18)11-13(5-2)16(12)14-6-8-17(3)9-7-14/h6-11H,4-5H2,1-3H3. The number of allylic oxidation sites excluding steroid dienone is 8. The van der Waals surface area contributed by atoms with Gasteiger partial charge in [-0.15, -0.1) is 0 Å². The molecule has 0 atom stereocenters. The summed E-state index contributed by atoms with van der Waals surface area (Å²) >= 11 is 0. The van der Waals surface area contributed by atoms with Crippen LogP contribution in [0.25, 0.3) is 0 Å². The Labute approximate surface area is 109 Å². The second-order valence-electron chi connectivity index (χ2n) is 4.58. The minimum absolute atomic E-state index is 0.119. The zero-order chi connectivity index (χ0) is 13.1. The molecule has 1 aliphatic heterocycles. The van der Waals surface area contributed by atoms with Crippen molar-refractivity contribution in [3.05, 3.63) is 59.0 Å². The van der Waals surface area contributed by atoms with Crippen LogP contribution < -0.4 is 0 Å². The Kier molecular flexibility index (Phi) is 3.66. The maximum absolute atomic E-state index is 11.7. The van der Waals surface area contributed by atoms with Crippen LogP contribution in [0.3, 0.4) is 0 Å². The van der Waals surface area contributed by atoms with E-state index >= 15 is 0 Å². The summed E-state index contributed by atoms with van der Waals surface area (Å²) in [7, 11) is 2.01. The van der Waals surface area contributed by atoms with Crippen molar-refractivity contribution in [3.8, 4) is 0 Å². The summed E-state index contributed by atoms with van der Waals surface area (Å²) in [5.41, 5.74) is 4.73. The van der Waals surface area contributed by atoms with Crippen LogP contribution in [0.4, 0.5) is 0 Å². The van der Waals surface area contributed by atoms with Gasteiger partial charge in [-0.2, -0.15) is 0 Å². The van der Waals surface area contributed by atoms with Crippen molar-refractivity contribution < 1.29 is 4.79 Å². The lowest BCUT2D eigenvalue weighted by Gasteiger charge is -2.22. The van der Waals surface area contributed by atoms with Gasteiger partial charge in [0.15, 0.2) is 5.78 Å². The maximum atomic E-state index is 11.7. The zero-order valence-electron chi connectivity index (χ0n) is 11.2. The first-order chi connectivity index (χ1) is 8.65. The van der Waals surface area contributed by atoms with Gasteiger partial charge in [-0.3, -0.25) is 4.79 Å². The highest BCUT2D eigenvalue weighted by Crippen LogP contribution is 2.32. The van der Waals surface area contributed by atoms with Gasteiger partial charge in [0.05, 0.1) is 0 Å². The summed E-state index contributed by atoms with van der Waals surface area (Å²) in [6.45, 7) is 4.20. The quantitative estimate of drug-likeness (QED) is 0.737. The summed E-state index contributed by atoms with van der Waals surface area (Å²) in [6.07, 6.45) is 13.6. The Morgan fingerprint density at radius 1 is 1.00 bits per heavy atom. The summed E-state index contributed by atoms with van der Waals surface area (Å²) in [6, 6.07) is 0. The fraction of sp³-hybridized carbons (Fsp3) is 0.312. The predicted molar refractivity (Wildman–Crippen MR) is 74.8 cm³/mol. The Balaban J connectivity index is 2.52. The normalized spacial score (nSPS) is 19.3. The average molecular weight is 241 g/mol. The van der Waals surface area contributed by atoms with E-state index in [4.69, 9.17) is 0 Å². The van der Waals surface area contributed by atoms with Crippen LogP contribution in [0, 0.1) is 0 Å². The third-order valence-electron chi connectivity index (χ3n) is 3.30. The van der Waals surface area contributed by atoms with Gasteiger partial charge < -0.3 is 4.90 Å². The number of hydrogen-bond donors (Lipinski definition) is 0. The van der Waals surface area contributed by atoms with E-state index in [2.05, 4.69) is 26.0 Å². The molecule has 0 aromatic rings. The molecular weight excluding hydrogens is 222 g/mol. The van der Waals surface area contributed by atoms with Crippen LogP contribution >= 0.6 is 0 Å². The molecule has 2 nitrogen and oxygen atoms in total. The van der Waals surface area contributed by atoms with Gasteiger partial charge in [0.25, 0.3) is 0 Å². The Morgan fingerprint density at radius 3 is 1.94 bits per heavy atom. The molecule has 0 unspecified atom stereocenters. The van der Waals surface area contributed by atoms with Crippen molar-refractivity contribution in [2.45, 2.75) is 26.7 Å². The van der Waals surface area contributed by atoms with Crippen molar-refractivity contribution >= 4 is 5.78 Å². The minimum atomic E-state index is 0.119. The first-order valence-corrected chi connectivity index (χ1v) is 6.44. The third kappa shape index (κ3) is 2.37. The molecular formula is C16H19NO. The second kappa shape index (κ2) is 5.21. The lowest BCUT2D eigenvalue weighted by molar-refractivity contribution is -0.110. The molecule has 18 heavy (non-hydrogen) atoms. The molecule has 0 fully saturated rings. The van der Waals surface area contributed by atoms with Gasteiger partial charge in [0, 0.05) is 19.4 Å². The predicted octanol–water partition coefficient (Wildman–Crippen LogP) is 3.51. The minimum Gasteiger partial charge on any atom is -0.357 e. The largest absolute Gasteiger partial charge is 0.357 e. The first kappa shape index (κ1) is 12.6. The molecule has 0 saturated heterocycles. The molecule has 0 amide bonds. The van der Waals surface area contributed by atoms with E-state index in [0.29, 0.717) is 0 Å². The fourth-order valence-corrected chi connectivity index (χ4v) is 2.33. The number of hydrogen-bond acceptors (Lipinski definition) is 2. The topological polar surface area (TPSA) is 20.3 Å². The summed E-state index contributed by atoms with van der Waals surface area (Å²) in [5, 5.41) is 0. The monoisotopic (exact) mass is 241 g/mol. The lowest BCUT2D eigenvalue weighted by Crippen LogP contribution is -2.09. The second-order valence-corrected chi connectivity index (χ2v) is 4.58. The average Bonchev–Trinajstić information content (AvgIpc) is 2.39. The number of nitrogens with zero attached hydrogens (tertiary/aromatic N) is 1. The highest BCUT2D eigenvalue weighted by atomic mass is 16.1. The molecule has 2 rings (SSSR count). The van der Waals surface area contributed by atoms with E-state index in [1.807, 2.05) is 24.3 Å². The van der Waals surface area contributed by atoms with Crippen LogP contribution in [0.2, 0.25) is 0 Å². The highest BCUT2D eigenvalue weighted by molar-refractivity contribution is 6.03. The number of carbonyl (C=O) groups is 1. The van der Waals surface area contributed by atoms with Crippen molar-refractivity contribution in [3.63, 3.8) is 0 Å². The van der Waals surface area contributed by atoms with Crippen molar-refractivity contribution in [2.75, 3.05) is 7.05 Å². The van der Waals surface area contributed by atoms with Gasteiger partial charge >= 0.3 is 0 Å². The lowest BCUT2D eigenvalue weighted by atomic mass is 9.84. The Morgan fingerprint density at radius 2 is 1.50 bits per heavy atom. The SMILES string of the molecule is CCC1=CC(=O)C=C(CC)C1=C1C=CN(C)C=C1. The smallest absolute Gasteiger partial charge is 0.179 e. The molecule has 0 bridgehead atoms.